The molecular formula is C23H32FIN4O. The molecule has 3 rings (SSSR count). The number of rotatable bonds is 6. The van der Waals surface area contributed by atoms with E-state index < -0.39 is 0 Å². The molecular weight excluding hydrogens is 494 g/mol. The third kappa shape index (κ3) is 6.84. The number of hydrogen-bond donors (Lipinski definition) is 3. The second-order valence-electron chi connectivity index (χ2n) is 7.48. The van der Waals surface area contributed by atoms with Crippen LogP contribution in [0.25, 0.3) is 0 Å². The van der Waals surface area contributed by atoms with Crippen molar-refractivity contribution >= 4 is 35.6 Å². The minimum atomic E-state index is -0.266. The highest BCUT2D eigenvalue weighted by Gasteiger charge is 2.19. The molecule has 1 fully saturated rings. The normalized spacial score (nSPS) is 16.0. The number of aliphatic hydroxyl groups excluding tert-OH is 1. The molecule has 0 aliphatic carbocycles. The van der Waals surface area contributed by atoms with Crippen LogP contribution in [0.3, 0.4) is 0 Å². The van der Waals surface area contributed by atoms with Gasteiger partial charge in [-0.25, -0.2) is 9.38 Å². The van der Waals surface area contributed by atoms with Gasteiger partial charge < -0.3 is 20.6 Å². The lowest BCUT2D eigenvalue weighted by Crippen LogP contribution is -2.38. The second-order valence-corrected chi connectivity index (χ2v) is 7.48. The van der Waals surface area contributed by atoms with E-state index in [2.05, 4.69) is 34.7 Å². The van der Waals surface area contributed by atoms with Gasteiger partial charge in [-0.3, -0.25) is 0 Å². The number of aliphatic imine (C=N–C) groups is 1. The van der Waals surface area contributed by atoms with Gasteiger partial charge in [-0.15, -0.1) is 24.0 Å². The van der Waals surface area contributed by atoms with Crippen molar-refractivity contribution in [3.63, 3.8) is 0 Å². The lowest BCUT2D eigenvalue weighted by molar-refractivity contribution is 0.145. The van der Waals surface area contributed by atoms with Crippen LogP contribution in [0.4, 0.5) is 10.1 Å². The van der Waals surface area contributed by atoms with Gasteiger partial charge in [0.15, 0.2) is 5.96 Å². The van der Waals surface area contributed by atoms with Crippen LogP contribution in [0.15, 0.2) is 53.5 Å². The van der Waals surface area contributed by atoms with E-state index in [0.29, 0.717) is 44.1 Å². The highest BCUT2D eigenvalue weighted by molar-refractivity contribution is 14.0. The van der Waals surface area contributed by atoms with Gasteiger partial charge in [-0.2, -0.15) is 0 Å². The predicted octanol–water partition coefficient (Wildman–Crippen LogP) is 4.22. The zero-order valence-corrected chi connectivity index (χ0v) is 20.0. The number of hydrogen-bond acceptors (Lipinski definition) is 3. The summed E-state index contributed by atoms with van der Waals surface area (Å²) in [6, 6.07) is 15.6. The molecule has 3 N–H and O–H groups in total. The predicted molar refractivity (Wildman–Crippen MR) is 132 cm³/mol. The maximum Gasteiger partial charge on any atom is 0.192 e. The van der Waals surface area contributed by atoms with Gasteiger partial charge in [0, 0.05) is 19.6 Å². The van der Waals surface area contributed by atoms with Crippen molar-refractivity contribution in [2.24, 2.45) is 4.99 Å². The minimum absolute atomic E-state index is 0. The molecule has 1 unspecified atom stereocenters. The Labute approximate surface area is 195 Å². The molecule has 164 valence electrons. The van der Waals surface area contributed by atoms with Gasteiger partial charge >= 0.3 is 0 Å². The van der Waals surface area contributed by atoms with Crippen LogP contribution >= 0.6 is 24.0 Å². The monoisotopic (exact) mass is 526 g/mol. The Morgan fingerprint density at radius 3 is 2.53 bits per heavy atom. The SMILES string of the molecule is CCNC(=NCc1ccc(N2CCC(O)CC2)c(F)c1)NC(C)c1ccccc1.I. The van der Waals surface area contributed by atoms with Crippen molar-refractivity contribution in [1.82, 2.24) is 10.6 Å². The highest BCUT2D eigenvalue weighted by atomic mass is 127. The van der Waals surface area contributed by atoms with Crippen molar-refractivity contribution in [2.75, 3.05) is 24.5 Å². The van der Waals surface area contributed by atoms with Crippen molar-refractivity contribution in [3.8, 4) is 0 Å². The summed E-state index contributed by atoms with van der Waals surface area (Å²) in [6.45, 7) is 6.62. The van der Waals surface area contributed by atoms with Gasteiger partial charge in [-0.05, 0) is 49.9 Å². The summed E-state index contributed by atoms with van der Waals surface area (Å²) in [5.41, 5.74) is 2.61. The summed E-state index contributed by atoms with van der Waals surface area (Å²) in [6.07, 6.45) is 1.10. The van der Waals surface area contributed by atoms with E-state index in [-0.39, 0.29) is 41.9 Å². The molecule has 1 aliphatic heterocycles. The van der Waals surface area contributed by atoms with Crippen molar-refractivity contribution < 1.29 is 9.50 Å². The molecule has 0 saturated carbocycles. The number of anilines is 1. The fourth-order valence-electron chi connectivity index (χ4n) is 3.53. The summed E-state index contributed by atoms with van der Waals surface area (Å²) >= 11 is 0. The van der Waals surface area contributed by atoms with Crippen LogP contribution in [0.5, 0.6) is 0 Å². The van der Waals surface area contributed by atoms with Crippen molar-refractivity contribution in [3.05, 3.63) is 65.5 Å². The molecule has 5 nitrogen and oxygen atoms in total. The first-order valence-corrected chi connectivity index (χ1v) is 10.4. The van der Waals surface area contributed by atoms with Crippen LogP contribution < -0.4 is 15.5 Å². The Morgan fingerprint density at radius 1 is 1.20 bits per heavy atom. The molecule has 1 aliphatic rings. The molecule has 0 spiro atoms. The molecule has 7 heteroatoms. The fraction of sp³-hybridized carbons (Fsp3) is 0.435. The first-order valence-electron chi connectivity index (χ1n) is 10.4. The average molecular weight is 526 g/mol. The smallest absolute Gasteiger partial charge is 0.192 e. The number of aliphatic hydroxyl groups is 1. The third-order valence-electron chi connectivity index (χ3n) is 5.23. The average Bonchev–Trinajstić information content (AvgIpc) is 2.74. The lowest BCUT2D eigenvalue weighted by Gasteiger charge is -2.31. The fourth-order valence-corrected chi connectivity index (χ4v) is 3.53. The molecule has 0 bridgehead atoms. The Kier molecular flexibility index (Phi) is 9.84. The van der Waals surface area contributed by atoms with E-state index in [9.17, 15) is 9.50 Å². The van der Waals surface area contributed by atoms with Crippen LogP contribution in [0.2, 0.25) is 0 Å². The standard InChI is InChI=1S/C23H31FN4O.HI/c1-3-25-23(27-17(2)19-7-5-4-6-8-19)26-16-18-9-10-22(21(24)15-18)28-13-11-20(29)12-14-28;/h4-10,15,17,20,29H,3,11-14,16H2,1-2H3,(H2,25,26,27);1H. The quantitative estimate of drug-likeness (QED) is 0.300. The van der Waals surface area contributed by atoms with Crippen LogP contribution in [-0.2, 0) is 6.54 Å². The maximum atomic E-state index is 14.7. The van der Waals surface area contributed by atoms with E-state index >= 15 is 0 Å². The first-order chi connectivity index (χ1) is 14.1. The number of piperidine rings is 1. The van der Waals surface area contributed by atoms with Crippen molar-refractivity contribution in [2.45, 2.75) is 45.4 Å². The molecule has 0 amide bonds. The molecule has 1 saturated heterocycles. The highest BCUT2D eigenvalue weighted by Crippen LogP contribution is 2.24. The maximum absolute atomic E-state index is 14.7. The third-order valence-corrected chi connectivity index (χ3v) is 5.23. The van der Waals surface area contributed by atoms with Gasteiger partial charge in [0.2, 0.25) is 0 Å². The van der Waals surface area contributed by atoms with Gasteiger partial charge in [-0.1, -0.05) is 36.4 Å². The summed E-state index contributed by atoms with van der Waals surface area (Å²) in [5, 5.41) is 16.3. The number of guanidine groups is 1. The summed E-state index contributed by atoms with van der Waals surface area (Å²) in [7, 11) is 0. The summed E-state index contributed by atoms with van der Waals surface area (Å²) in [5.74, 6) is 0.475. The number of benzene rings is 2. The van der Waals surface area contributed by atoms with E-state index in [1.165, 1.54) is 5.56 Å². The molecule has 1 atom stereocenters. The van der Waals surface area contributed by atoms with Crippen molar-refractivity contribution in [1.29, 1.82) is 0 Å². The molecule has 0 radical (unpaired) electrons. The lowest BCUT2D eigenvalue weighted by atomic mass is 10.1. The molecule has 2 aromatic carbocycles. The number of nitrogens with zero attached hydrogens (tertiary/aromatic N) is 2. The topological polar surface area (TPSA) is 59.9 Å². The Hall–Kier alpha value is -1.87. The minimum Gasteiger partial charge on any atom is -0.393 e. The molecule has 0 aromatic heterocycles. The van der Waals surface area contributed by atoms with E-state index in [0.717, 1.165) is 12.1 Å². The Morgan fingerprint density at radius 2 is 1.90 bits per heavy atom. The van der Waals surface area contributed by atoms with Crippen LogP contribution in [0.1, 0.15) is 43.9 Å². The zero-order valence-electron chi connectivity index (χ0n) is 17.6. The summed E-state index contributed by atoms with van der Waals surface area (Å²) in [4.78, 5) is 6.63. The van der Waals surface area contributed by atoms with Crippen LogP contribution in [0, 0.1) is 5.82 Å². The zero-order chi connectivity index (χ0) is 20.6. The van der Waals surface area contributed by atoms with E-state index in [1.807, 2.05) is 42.2 Å². The van der Waals surface area contributed by atoms with Crippen LogP contribution in [-0.4, -0.2) is 36.8 Å². The van der Waals surface area contributed by atoms with Gasteiger partial charge in [0.05, 0.1) is 24.4 Å². The molecule has 1 heterocycles. The number of halogens is 2. The Balaban J connectivity index is 0.00000320. The van der Waals surface area contributed by atoms with E-state index in [4.69, 9.17) is 0 Å². The second kappa shape index (κ2) is 12.1. The van der Waals surface area contributed by atoms with E-state index in [1.54, 1.807) is 6.07 Å². The molecule has 30 heavy (non-hydrogen) atoms. The first kappa shape index (κ1) is 24.4. The van der Waals surface area contributed by atoms with Gasteiger partial charge in [0.1, 0.15) is 5.82 Å². The number of nitrogens with one attached hydrogen (secondary N) is 2. The molecule has 2 aromatic rings. The van der Waals surface area contributed by atoms with Gasteiger partial charge in [0.25, 0.3) is 0 Å². The largest absolute Gasteiger partial charge is 0.393 e. The Bertz CT molecular complexity index is 810. The summed E-state index contributed by atoms with van der Waals surface area (Å²) < 4.78 is 14.7.